The summed E-state index contributed by atoms with van der Waals surface area (Å²) in [4.78, 5) is 29.0. The van der Waals surface area contributed by atoms with Gasteiger partial charge in [-0.25, -0.2) is 0 Å². The van der Waals surface area contributed by atoms with Gasteiger partial charge in [0.1, 0.15) is 0 Å². The van der Waals surface area contributed by atoms with Crippen molar-refractivity contribution in [2.24, 2.45) is 0 Å². The summed E-state index contributed by atoms with van der Waals surface area (Å²) in [6.45, 7) is 3.57. The molecule has 2 amide bonds. The summed E-state index contributed by atoms with van der Waals surface area (Å²) >= 11 is 0. The van der Waals surface area contributed by atoms with E-state index in [4.69, 9.17) is 0 Å². The van der Waals surface area contributed by atoms with E-state index in [2.05, 4.69) is 16.3 Å². The maximum absolute atomic E-state index is 12.9. The van der Waals surface area contributed by atoms with Crippen LogP contribution in [-0.2, 0) is 9.59 Å². The number of carbonyl (C=O) groups is 2. The molecule has 0 aromatic heterocycles. The van der Waals surface area contributed by atoms with Crippen molar-refractivity contribution in [3.8, 4) is 0 Å². The summed E-state index contributed by atoms with van der Waals surface area (Å²) in [5.74, 6) is -0.158. The quantitative estimate of drug-likeness (QED) is 0.872. The van der Waals surface area contributed by atoms with Crippen LogP contribution in [0.1, 0.15) is 43.4 Å². The first kappa shape index (κ1) is 18.3. The zero-order chi connectivity index (χ0) is 19.5. The van der Waals surface area contributed by atoms with Gasteiger partial charge in [0, 0.05) is 26.2 Å². The topological polar surface area (TPSA) is 52.7 Å². The molecule has 1 saturated heterocycles. The molecule has 4 rings (SSSR count). The molecule has 1 atom stereocenters. The van der Waals surface area contributed by atoms with Gasteiger partial charge in [0.25, 0.3) is 0 Å². The second-order valence-electron chi connectivity index (χ2n) is 7.35. The number of anilines is 2. The van der Waals surface area contributed by atoms with Gasteiger partial charge < -0.3 is 15.1 Å². The molecule has 2 aliphatic heterocycles. The molecule has 0 spiro atoms. The van der Waals surface area contributed by atoms with Crippen LogP contribution in [0.4, 0.5) is 11.4 Å². The van der Waals surface area contributed by atoms with Gasteiger partial charge in [-0.2, -0.15) is 0 Å². The number of para-hydroxylation sites is 2. The molecular formula is C23H25N3O2. The summed E-state index contributed by atoms with van der Waals surface area (Å²) in [5.41, 5.74) is 3.96. The molecule has 5 nitrogen and oxygen atoms in total. The highest BCUT2D eigenvalue weighted by atomic mass is 16.2. The second-order valence-corrected chi connectivity index (χ2v) is 7.35. The van der Waals surface area contributed by atoms with E-state index in [1.165, 1.54) is 19.8 Å². The Kier molecular flexibility index (Phi) is 5.15. The third-order valence-electron chi connectivity index (χ3n) is 5.47. The zero-order valence-electron chi connectivity index (χ0n) is 16.1. The van der Waals surface area contributed by atoms with Crippen LogP contribution in [0.3, 0.4) is 0 Å². The first-order chi connectivity index (χ1) is 13.6. The molecule has 0 bridgehead atoms. The number of nitrogens with zero attached hydrogens (tertiary/aromatic N) is 2. The van der Waals surface area contributed by atoms with E-state index in [-0.39, 0.29) is 24.3 Å². The van der Waals surface area contributed by atoms with E-state index >= 15 is 0 Å². The summed E-state index contributed by atoms with van der Waals surface area (Å²) in [5, 5.41) is 3.08. The number of benzene rings is 2. The number of rotatable bonds is 4. The van der Waals surface area contributed by atoms with Crippen molar-refractivity contribution in [3.63, 3.8) is 0 Å². The van der Waals surface area contributed by atoms with Crippen molar-refractivity contribution < 1.29 is 9.59 Å². The van der Waals surface area contributed by atoms with Crippen molar-refractivity contribution in [1.29, 1.82) is 0 Å². The Morgan fingerprint density at radius 3 is 2.54 bits per heavy atom. The summed E-state index contributed by atoms with van der Waals surface area (Å²) in [7, 11) is 0. The van der Waals surface area contributed by atoms with Gasteiger partial charge in [0.15, 0.2) is 0 Å². The lowest BCUT2D eigenvalue weighted by molar-refractivity contribution is -0.129. The Hall–Kier alpha value is -3.08. The monoisotopic (exact) mass is 375 g/mol. The molecule has 5 heteroatoms. The van der Waals surface area contributed by atoms with Crippen molar-refractivity contribution in [3.05, 3.63) is 65.9 Å². The maximum atomic E-state index is 12.9. The Labute approximate surface area is 165 Å². The molecular weight excluding hydrogens is 350 g/mol. The average Bonchev–Trinajstić information content (AvgIpc) is 3.23. The predicted molar refractivity (Wildman–Crippen MR) is 112 cm³/mol. The molecule has 144 valence electrons. The van der Waals surface area contributed by atoms with Crippen LogP contribution in [0.25, 0.3) is 6.08 Å². The van der Waals surface area contributed by atoms with Gasteiger partial charge in [-0.3, -0.25) is 9.59 Å². The number of hydrogen-bond donors (Lipinski definition) is 1. The Balaban J connectivity index is 1.55. The van der Waals surface area contributed by atoms with Crippen molar-refractivity contribution in [1.82, 2.24) is 4.90 Å². The highest BCUT2D eigenvalue weighted by molar-refractivity contribution is 5.95. The molecule has 1 N–H and O–H groups in total. The van der Waals surface area contributed by atoms with Crippen LogP contribution in [0.2, 0.25) is 0 Å². The largest absolute Gasteiger partial charge is 0.370 e. The molecule has 2 aliphatic rings. The minimum atomic E-state index is -0.294. The van der Waals surface area contributed by atoms with Crippen molar-refractivity contribution in [2.45, 2.75) is 32.2 Å². The van der Waals surface area contributed by atoms with E-state index in [0.717, 1.165) is 35.6 Å². The number of nitrogens with one attached hydrogen (secondary N) is 1. The van der Waals surface area contributed by atoms with Gasteiger partial charge in [-0.05, 0) is 42.2 Å². The fourth-order valence-corrected chi connectivity index (χ4v) is 4.10. The van der Waals surface area contributed by atoms with Gasteiger partial charge in [0.05, 0.1) is 23.8 Å². The molecule has 0 saturated carbocycles. The van der Waals surface area contributed by atoms with E-state index < -0.39 is 0 Å². The number of carbonyl (C=O) groups excluding carboxylic acids is 2. The fourth-order valence-electron chi connectivity index (χ4n) is 4.10. The first-order valence-electron chi connectivity index (χ1n) is 9.83. The molecule has 1 unspecified atom stereocenters. The molecule has 2 aromatic carbocycles. The van der Waals surface area contributed by atoms with Gasteiger partial charge in [0.2, 0.25) is 11.8 Å². The lowest BCUT2D eigenvalue weighted by Gasteiger charge is -2.32. The molecule has 0 aliphatic carbocycles. The van der Waals surface area contributed by atoms with E-state index in [0.29, 0.717) is 0 Å². The van der Waals surface area contributed by atoms with Crippen LogP contribution in [-0.4, -0.2) is 29.8 Å². The number of hydrogen-bond acceptors (Lipinski definition) is 3. The standard InChI is InChI=1S/C23H25N3O2/c1-17(27)26-15-12-18-8-2-3-9-19(18)22(26)16-23(28)24-20-10-4-5-11-21(20)25-13-6-7-14-25/h2-5,8-12,15,22H,6-7,13-14,16H2,1H3,(H,24,28). The molecule has 1 fully saturated rings. The summed E-state index contributed by atoms with van der Waals surface area (Å²) < 4.78 is 0. The molecule has 2 aromatic rings. The van der Waals surface area contributed by atoms with Crippen LogP contribution >= 0.6 is 0 Å². The molecule has 0 radical (unpaired) electrons. The molecule has 28 heavy (non-hydrogen) atoms. The van der Waals surface area contributed by atoms with Crippen LogP contribution in [0, 0.1) is 0 Å². The summed E-state index contributed by atoms with van der Waals surface area (Å²) in [6, 6.07) is 15.6. The van der Waals surface area contributed by atoms with Crippen LogP contribution < -0.4 is 10.2 Å². The van der Waals surface area contributed by atoms with Gasteiger partial charge in [-0.15, -0.1) is 0 Å². The average molecular weight is 375 g/mol. The molecule has 2 heterocycles. The van der Waals surface area contributed by atoms with E-state index in [1.54, 1.807) is 11.1 Å². The van der Waals surface area contributed by atoms with Crippen LogP contribution in [0.5, 0.6) is 0 Å². The van der Waals surface area contributed by atoms with Gasteiger partial charge in [-0.1, -0.05) is 36.4 Å². The Morgan fingerprint density at radius 2 is 1.75 bits per heavy atom. The fraction of sp³-hybridized carbons (Fsp3) is 0.304. The number of amides is 2. The second kappa shape index (κ2) is 7.89. The number of fused-ring (bicyclic) bond motifs is 1. The predicted octanol–water partition coefficient (Wildman–Crippen LogP) is 4.19. The van der Waals surface area contributed by atoms with Gasteiger partial charge >= 0.3 is 0 Å². The Morgan fingerprint density at radius 1 is 1.04 bits per heavy atom. The Bertz CT molecular complexity index is 916. The van der Waals surface area contributed by atoms with Crippen molar-refractivity contribution in [2.75, 3.05) is 23.3 Å². The minimum Gasteiger partial charge on any atom is -0.370 e. The minimum absolute atomic E-state index is 0.0685. The lowest BCUT2D eigenvalue weighted by atomic mass is 9.93. The zero-order valence-corrected chi connectivity index (χ0v) is 16.1. The highest BCUT2D eigenvalue weighted by Crippen LogP contribution is 2.34. The van der Waals surface area contributed by atoms with E-state index in [9.17, 15) is 9.59 Å². The SMILES string of the molecule is CC(=O)N1C=Cc2ccccc2C1CC(=O)Nc1ccccc1N1CCCC1. The third-order valence-corrected chi connectivity index (χ3v) is 5.47. The smallest absolute Gasteiger partial charge is 0.226 e. The summed E-state index contributed by atoms with van der Waals surface area (Å²) in [6.07, 6.45) is 6.28. The van der Waals surface area contributed by atoms with E-state index in [1.807, 2.05) is 48.5 Å². The first-order valence-corrected chi connectivity index (χ1v) is 9.83. The normalized spacial score (nSPS) is 18.1. The maximum Gasteiger partial charge on any atom is 0.226 e. The van der Waals surface area contributed by atoms with Crippen molar-refractivity contribution >= 4 is 29.3 Å². The lowest BCUT2D eigenvalue weighted by Crippen LogP contribution is -2.33. The van der Waals surface area contributed by atoms with Crippen LogP contribution in [0.15, 0.2) is 54.7 Å². The highest BCUT2D eigenvalue weighted by Gasteiger charge is 2.28. The third kappa shape index (κ3) is 3.65.